The first kappa shape index (κ1) is 26.3. The number of carbonyl (C=O) groups excluding carboxylic acids is 1. The number of aryl methyl sites for hydroxylation is 1. The van der Waals surface area contributed by atoms with Gasteiger partial charge in [0.25, 0.3) is 0 Å². The third kappa shape index (κ3) is 6.78. The van der Waals surface area contributed by atoms with Crippen LogP contribution in [-0.2, 0) is 21.4 Å². The summed E-state index contributed by atoms with van der Waals surface area (Å²) in [4.78, 5) is 11.8. The first-order valence-electron chi connectivity index (χ1n) is 10.0. The number of amides is 1. The van der Waals surface area contributed by atoms with E-state index in [2.05, 4.69) is 0 Å². The maximum atomic E-state index is 13.5. The number of benzene rings is 2. The van der Waals surface area contributed by atoms with Crippen molar-refractivity contribution < 1.29 is 42.8 Å². The van der Waals surface area contributed by atoms with Gasteiger partial charge in [0, 0.05) is 24.0 Å². The molecule has 3 rings (SSSR count). The van der Waals surface area contributed by atoms with Gasteiger partial charge in [0.2, 0.25) is 15.9 Å². The van der Waals surface area contributed by atoms with Gasteiger partial charge in [-0.2, -0.15) is 4.31 Å². The fraction of sp³-hybridized carbons (Fsp3) is 0.409. The Bertz CT molecular complexity index is 995. The molecule has 0 aliphatic heterocycles. The Hall–Kier alpha value is -0.930. The van der Waals surface area contributed by atoms with E-state index in [9.17, 15) is 18.4 Å². The van der Waals surface area contributed by atoms with Gasteiger partial charge in [-0.15, -0.1) is 0 Å². The molecule has 0 aromatic heterocycles. The van der Waals surface area contributed by atoms with Crippen LogP contribution in [0.3, 0.4) is 0 Å². The Balaban J connectivity index is 0.00000341. The molecule has 0 atom stereocenters. The van der Waals surface area contributed by atoms with Crippen LogP contribution in [0, 0.1) is 24.0 Å². The van der Waals surface area contributed by atoms with E-state index in [1.54, 1.807) is 18.2 Å². The number of rotatable bonds is 7. The summed E-state index contributed by atoms with van der Waals surface area (Å²) in [5, 5.41) is 11.0. The van der Waals surface area contributed by atoms with Gasteiger partial charge in [-0.05, 0) is 67.9 Å². The van der Waals surface area contributed by atoms with E-state index in [-0.39, 0.29) is 52.8 Å². The van der Waals surface area contributed by atoms with Gasteiger partial charge < -0.3 is 10.7 Å². The summed E-state index contributed by atoms with van der Waals surface area (Å²) in [6, 6.07) is 14.0. The number of nitrogens with zero attached hydrogens (tertiary/aromatic N) is 1. The molecule has 0 bridgehead atoms. The molecule has 31 heavy (non-hydrogen) atoms. The molecule has 6 nitrogen and oxygen atoms in total. The van der Waals surface area contributed by atoms with Crippen LogP contribution < -0.4 is 35.0 Å². The molecule has 2 aromatic rings. The Morgan fingerprint density at radius 1 is 1.13 bits per heavy atom. The molecule has 1 aliphatic rings. The molecule has 0 heterocycles. The number of sulfonamides is 1. The van der Waals surface area contributed by atoms with Crippen LogP contribution >= 0.6 is 11.6 Å². The summed E-state index contributed by atoms with van der Waals surface area (Å²) in [6.45, 7) is 2.59. The number of carbonyl (C=O) groups is 1. The van der Waals surface area contributed by atoms with E-state index in [0.29, 0.717) is 37.3 Å². The zero-order chi connectivity index (χ0) is 21.7. The Kier molecular flexibility index (Phi) is 10.0. The number of hydrogen-bond acceptors (Lipinski definition) is 4. The number of halogens is 1. The van der Waals surface area contributed by atoms with E-state index < -0.39 is 15.9 Å². The molecule has 1 amide bonds. The van der Waals surface area contributed by atoms with Gasteiger partial charge in [0.1, 0.15) is 0 Å². The minimum absolute atomic E-state index is 0. The minimum Gasteiger partial charge on any atom is -0.759 e. The monoisotopic (exact) mass is 472 g/mol. The quantitative estimate of drug-likeness (QED) is 0.485. The molecule has 2 aromatic carbocycles. The van der Waals surface area contributed by atoms with Gasteiger partial charge in [-0.25, -0.2) is 8.42 Å². The smallest absolute Gasteiger partial charge is 0.759 e. The Morgan fingerprint density at radius 3 is 2.42 bits per heavy atom. The summed E-state index contributed by atoms with van der Waals surface area (Å²) >= 11 is 6.05. The topological polar surface area (TPSA) is 89.5 Å². The summed E-state index contributed by atoms with van der Waals surface area (Å²) in [7, 11) is -3.75. The maximum Gasteiger partial charge on any atom is 1.00 e. The molecule has 1 aliphatic carbocycles. The molecule has 1 fully saturated rings. The van der Waals surface area contributed by atoms with Crippen LogP contribution in [-0.4, -0.2) is 25.2 Å². The predicted molar refractivity (Wildman–Crippen MR) is 117 cm³/mol. The Labute approximate surface area is 211 Å². The predicted octanol–water partition coefficient (Wildman–Crippen LogP) is 1.26. The fourth-order valence-electron chi connectivity index (χ4n) is 3.98. The second-order valence-corrected chi connectivity index (χ2v) is 10.2. The normalized spacial score (nSPS) is 19.0. The van der Waals surface area contributed by atoms with E-state index in [0.717, 1.165) is 11.1 Å². The summed E-state index contributed by atoms with van der Waals surface area (Å²) < 4.78 is 28.4. The summed E-state index contributed by atoms with van der Waals surface area (Å²) in [5.41, 5.74) is 3.45. The van der Waals surface area contributed by atoms with Crippen molar-refractivity contribution in [2.45, 2.75) is 44.0 Å². The third-order valence-electron chi connectivity index (χ3n) is 5.82. The molecule has 0 radical (unpaired) electrons. The first-order chi connectivity index (χ1) is 14.3. The number of hydrogen-bond donors (Lipinski definition) is 1. The van der Waals surface area contributed by atoms with Gasteiger partial charge in [-0.3, -0.25) is 4.79 Å². The summed E-state index contributed by atoms with van der Waals surface area (Å²) in [5.74, 6) is -0.636. The minimum atomic E-state index is -3.75. The average molecular weight is 473 g/mol. The van der Waals surface area contributed by atoms with E-state index in [1.165, 1.54) is 15.9 Å². The van der Waals surface area contributed by atoms with Crippen LogP contribution in [0.15, 0.2) is 53.4 Å². The SMILES string of the molecule is Cc1ccccc1CN(CC1CCC(C(=O)N[O-])CC1)S(=O)(=O)c1cccc(Cl)c1.[Na+]. The van der Waals surface area contributed by atoms with Crippen LogP contribution in [0.5, 0.6) is 0 Å². The van der Waals surface area contributed by atoms with E-state index >= 15 is 0 Å². The third-order valence-corrected chi connectivity index (χ3v) is 7.86. The zero-order valence-corrected chi connectivity index (χ0v) is 21.5. The molecule has 162 valence electrons. The molecule has 0 unspecified atom stereocenters. The molecular weight excluding hydrogens is 447 g/mol. The second kappa shape index (κ2) is 11.8. The van der Waals surface area contributed by atoms with Crippen LogP contribution in [0.2, 0.25) is 5.02 Å². The summed E-state index contributed by atoms with van der Waals surface area (Å²) in [6.07, 6.45) is 2.59. The Morgan fingerprint density at radius 2 is 1.81 bits per heavy atom. The fourth-order valence-corrected chi connectivity index (χ4v) is 5.78. The van der Waals surface area contributed by atoms with Crippen molar-refractivity contribution in [2.75, 3.05) is 6.54 Å². The van der Waals surface area contributed by atoms with Gasteiger partial charge in [0.15, 0.2) is 0 Å². The van der Waals surface area contributed by atoms with Crippen LogP contribution in [0.4, 0.5) is 0 Å². The molecule has 1 N–H and O–H groups in total. The zero-order valence-electron chi connectivity index (χ0n) is 17.9. The molecular formula is C22H26ClN2NaO4S. The van der Waals surface area contributed by atoms with E-state index in [1.807, 2.05) is 31.2 Å². The van der Waals surface area contributed by atoms with Crippen molar-refractivity contribution in [1.82, 2.24) is 9.79 Å². The first-order valence-corrected chi connectivity index (χ1v) is 11.8. The van der Waals surface area contributed by atoms with Crippen molar-refractivity contribution >= 4 is 27.5 Å². The average Bonchev–Trinajstić information content (AvgIpc) is 2.74. The molecule has 9 heteroatoms. The van der Waals surface area contributed by atoms with Crippen molar-refractivity contribution in [3.63, 3.8) is 0 Å². The molecule has 1 saturated carbocycles. The number of nitrogens with one attached hydrogen (secondary N) is 1. The van der Waals surface area contributed by atoms with Gasteiger partial charge in [0.05, 0.1) is 4.90 Å². The largest absolute Gasteiger partial charge is 1.00 e. The van der Waals surface area contributed by atoms with Crippen LogP contribution in [0.25, 0.3) is 0 Å². The van der Waals surface area contributed by atoms with Gasteiger partial charge >= 0.3 is 29.6 Å². The van der Waals surface area contributed by atoms with Crippen LogP contribution in [0.1, 0.15) is 36.8 Å². The standard InChI is InChI=1S/C22H26ClN2O4S.Na/c1-16-5-2-3-6-19(16)15-25(30(28,29)21-8-4-7-20(23)13-21)14-17-9-11-18(12-10-17)22(26)24-27;/h2-8,13,17-18H,9-12,14-15H2,1H3,(H-,24,26,27);/q-1;+1. The second-order valence-electron chi connectivity index (χ2n) is 7.87. The van der Waals surface area contributed by atoms with Crippen molar-refractivity contribution in [3.05, 3.63) is 69.9 Å². The molecule has 0 saturated heterocycles. The van der Waals surface area contributed by atoms with Crippen molar-refractivity contribution in [3.8, 4) is 0 Å². The maximum absolute atomic E-state index is 13.5. The van der Waals surface area contributed by atoms with E-state index in [4.69, 9.17) is 11.6 Å². The van der Waals surface area contributed by atoms with Gasteiger partial charge in [-0.1, -0.05) is 41.9 Å². The number of hydroxylamine groups is 1. The molecule has 0 spiro atoms. The van der Waals surface area contributed by atoms with Crippen molar-refractivity contribution in [2.24, 2.45) is 11.8 Å². The van der Waals surface area contributed by atoms with Crippen molar-refractivity contribution in [1.29, 1.82) is 0 Å².